The molecule has 1 aromatic rings. The van der Waals surface area contributed by atoms with E-state index in [1.165, 1.54) is 6.20 Å². The van der Waals surface area contributed by atoms with Crippen molar-refractivity contribution in [1.29, 1.82) is 0 Å². The van der Waals surface area contributed by atoms with Crippen LogP contribution in [0.2, 0.25) is 0 Å². The van der Waals surface area contributed by atoms with Gasteiger partial charge < -0.3 is 50.6 Å². The first kappa shape index (κ1) is 22.0. The van der Waals surface area contributed by atoms with Crippen molar-refractivity contribution in [2.24, 2.45) is 0 Å². The number of nitrogens with two attached hydrogens (primary N) is 1. The van der Waals surface area contributed by atoms with Gasteiger partial charge >= 0.3 is 5.69 Å². The Balaban J connectivity index is 1.74. The van der Waals surface area contributed by atoms with Crippen LogP contribution in [0.15, 0.2) is 11.0 Å². The van der Waals surface area contributed by atoms with E-state index in [1.807, 2.05) is 0 Å². The van der Waals surface area contributed by atoms with E-state index in [9.17, 15) is 35.4 Å². The summed E-state index contributed by atoms with van der Waals surface area (Å²) in [6.07, 6.45) is -8.51. The van der Waals surface area contributed by atoms with Gasteiger partial charge in [-0.2, -0.15) is 4.98 Å². The second-order valence-corrected chi connectivity index (χ2v) is 6.96. The van der Waals surface area contributed by atoms with Gasteiger partial charge in [0.25, 0.3) is 0 Å². The minimum atomic E-state index is -1.60. The van der Waals surface area contributed by atoms with Crippen LogP contribution in [-0.2, 0) is 20.8 Å². The number of aliphatic hydroxyl groups is 6. The number of rotatable bonds is 6. The van der Waals surface area contributed by atoms with E-state index in [0.29, 0.717) is 0 Å². The standard InChI is InChI=1S/C16H25N3O10/c17-14-6(5-27-15-13(25)12(24)11(23)9(4-21)29-15)2-19(16(26)18-14)10-1-7(22)8(3-20)28-10/h2,7-13,15,20-25H,1,3-5H2,(H2,17,18,26)/t7-,8+,9+,10+,11+,12-,13+,15+/m0/s1. The average Bonchev–Trinajstić information content (AvgIpc) is 3.07. The molecular weight excluding hydrogens is 394 g/mol. The number of nitrogen functional groups attached to an aromatic ring is 1. The molecule has 2 saturated heterocycles. The maximum atomic E-state index is 12.2. The maximum absolute atomic E-state index is 12.2. The summed E-state index contributed by atoms with van der Waals surface area (Å²) in [5.74, 6) is -0.145. The fourth-order valence-corrected chi connectivity index (χ4v) is 3.27. The third-order valence-electron chi connectivity index (χ3n) is 5.01. The van der Waals surface area contributed by atoms with Crippen LogP contribution in [0, 0.1) is 0 Å². The number of hydrogen-bond acceptors (Lipinski definition) is 12. The van der Waals surface area contributed by atoms with Crippen molar-refractivity contribution in [3.8, 4) is 0 Å². The summed E-state index contributed by atoms with van der Waals surface area (Å²) in [5.41, 5.74) is 5.26. The van der Waals surface area contributed by atoms with Crippen molar-refractivity contribution in [2.45, 2.75) is 62.2 Å². The molecule has 2 aliphatic heterocycles. The second-order valence-electron chi connectivity index (χ2n) is 6.96. The summed E-state index contributed by atoms with van der Waals surface area (Å²) in [4.78, 5) is 15.8. The fourth-order valence-electron chi connectivity index (χ4n) is 3.27. The summed E-state index contributed by atoms with van der Waals surface area (Å²) in [7, 11) is 0. The van der Waals surface area contributed by atoms with Crippen molar-refractivity contribution < 1.29 is 44.8 Å². The SMILES string of the molecule is Nc1nc(=O)n([C@H]2C[C@H](O)[C@@H](CO)O2)cc1CO[C@@H]1O[C@H](CO)[C@@H](O)[C@H](O)[C@H]1O. The Morgan fingerprint density at radius 1 is 1.10 bits per heavy atom. The third-order valence-corrected chi connectivity index (χ3v) is 5.01. The molecule has 0 radical (unpaired) electrons. The largest absolute Gasteiger partial charge is 0.394 e. The Morgan fingerprint density at radius 3 is 2.41 bits per heavy atom. The van der Waals surface area contributed by atoms with Crippen molar-refractivity contribution in [2.75, 3.05) is 18.9 Å². The summed E-state index contributed by atoms with van der Waals surface area (Å²) in [5, 5.41) is 57.8. The number of hydrogen-bond donors (Lipinski definition) is 7. The molecule has 8 atom stereocenters. The summed E-state index contributed by atoms with van der Waals surface area (Å²) < 4.78 is 17.2. The van der Waals surface area contributed by atoms with Crippen LogP contribution in [-0.4, -0.2) is 96.3 Å². The molecule has 1 aromatic heterocycles. The molecule has 0 unspecified atom stereocenters. The molecule has 2 aliphatic rings. The van der Waals surface area contributed by atoms with Crippen molar-refractivity contribution in [3.63, 3.8) is 0 Å². The topological polar surface area (TPSA) is 210 Å². The molecule has 0 bridgehead atoms. The molecule has 8 N–H and O–H groups in total. The first-order valence-electron chi connectivity index (χ1n) is 9.00. The van der Waals surface area contributed by atoms with E-state index in [2.05, 4.69) is 4.98 Å². The number of nitrogens with zero attached hydrogens (tertiary/aromatic N) is 2. The van der Waals surface area contributed by atoms with Crippen LogP contribution in [0.3, 0.4) is 0 Å². The molecule has 0 aliphatic carbocycles. The molecule has 13 heteroatoms. The van der Waals surface area contributed by atoms with Crippen molar-refractivity contribution >= 4 is 5.82 Å². The van der Waals surface area contributed by atoms with Crippen molar-refractivity contribution in [3.05, 3.63) is 22.2 Å². The fraction of sp³-hybridized carbons (Fsp3) is 0.750. The highest BCUT2D eigenvalue weighted by atomic mass is 16.7. The Kier molecular flexibility index (Phi) is 6.83. The van der Waals surface area contributed by atoms with Crippen LogP contribution in [0.25, 0.3) is 0 Å². The Bertz CT molecular complexity index is 759. The highest BCUT2D eigenvalue weighted by Gasteiger charge is 2.44. The number of aromatic nitrogens is 2. The highest BCUT2D eigenvalue weighted by molar-refractivity contribution is 5.36. The number of anilines is 1. The lowest BCUT2D eigenvalue weighted by molar-refractivity contribution is -0.304. The Hall–Kier alpha value is -1.68. The van der Waals surface area contributed by atoms with Crippen LogP contribution in [0.4, 0.5) is 5.82 Å². The predicted octanol–water partition coefficient (Wildman–Crippen LogP) is -4.22. The first-order chi connectivity index (χ1) is 13.8. The lowest BCUT2D eigenvalue weighted by atomic mass is 9.99. The molecule has 0 spiro atoms. The van der Waals surface area contributed by atoms with E-state index in [1.54, 1.807) is 0 Å². The van der Waals surface area contributed by atoms with Crippen LogP contribution in [0.5, 0.6) is 0 Å². The number of aliphatic hydroxyl groups excluding tert-OH is 6. The quantitative estimate of drug-likeness (QED) is 0.234. The summed E-state index contributed by atoms with van der Waals surface area (Å²) in [6, 6.07) is 0. The normalized spacial score (nSPS) is 37.7. The zero-order valence-electron chi connectivity index (χ0n) is 15.3. The highest BCUT2D eigenvalue weighted by Crippen LogP contribution is 2.28. The molecule has 3 rings (SSSR count). The second kappa shape index (κ2) is 8.99. The van der Waals surface area contributed by atoms with Crippen LogP contribution in [0.1, 0.15) is 18.2 Å². The zero-order valence-corrected chi connectivity index (χ0v) is 15.3. The van der Waals surface area contributed by atoms with Gasteiger partial charge in [-0.05, 0) is 0 Å². The number of ether oxygens (including phenoxy) is 3. The predicted molar refractivity (Wildman–Crippen MR) is 93.1 cm³/mol. The molecule has 29 heavy (non-hydrogen) atoms. The molecule has 164 valence electrons. The van der Waals surface area contributed by atoms with Crippen LogP contribution >= 0.6 is 0 Å². The maximum Gasteiger partial charge on any atom is 0.351 e. The van der Waals surface area contributed by atoms with E-state index >= 15 is 0 Å². The molecular formula is C16H25N3O10. The molecule has 0 saturated carbocycles. The lowest BCUT2D eigenvalue weighted by Gasteiger charge is -2.39. The smallest absolute Gasteiger partial charge is 0.351 e. The van der Waals surface area contributed by atoms with Crippen molar-refractivity contribution in [1.82, 2.24) is 9.55 Å². The van der Waals surface area contributed by atoms with Gasteiger partial charge in [-0.15, -0.1) is 0 Å². The first-order valence-corrected chi connectivity index (χ1v) is 9.00. The Labute approximate surface area is 164 Å². The van der Waals surface area contributed by atoms with Gasteiger partial charge in [0, 0.05) is 18.2 Å². The summed E-state index contributed by atoms with van der Waals surface area (Å²) in [6.45, 7) is -1.31. The summed E-state index contributed by atoms with van der Waals surface area (Å²) >= 11 is 0. The minimum Gasteiger partial charge on any atom is -0.394 e. The lowest BCUT2D eigenvalue weighted by Crippen LogP contribution is -2.59. The monoisotopic (exact) mass is 419 g/mol. The Morgan fingerprint density at radius 2 is 1.79 bits per heavy atom. The van der Waals surface area contributed by atoms with Gasteiger partial charge in [-0.25, -0.2) is 4.79 Å². The van der Waals surface area contributed by atoms with E-state index < -0.39 is 68.0 Å². The average molecular weight is 419 g/mol. The van der Waals surface area contributed by atoms with E-state index in [-0.39, 0.29) is 24.4 Å². The molecule has 3 heterocycles. The molecule has 0 amide bonds. The molecule has 0 aromatic carbocycles. The molecule has 2 fully saturated rings. The van der Waals surface area contributed by atoms with E-state index in [0.717, 1.165) is 4.57 Å². The molecule has 13 nitrogen and oxygen atoms in total. The van der Waals surface area contributed by atoms with Gasteiger partial charge in [0.2, 0.25) is 0 Å². The third kappa shape index (κ3) is 4.42. The van der Waals surface area contributed by atoms with Gasteiger partial charge in [0.15, 0.2) is 6.29 Å². The van der Waals surface area contributed by atoms with Gasteiger partial charge in [0.1, 0.15) is 42.6 Å². The van der Waals surface area contributed by atoms with Gasteiger partial charge in [0.05, 0.1) is 25.9 Å². The van der Waals surface area contributed by atoms with Gasteiger partial charge in [-0.1, -0.05) is 0 Å². The van der Waals surface area contributed by atoms with E-state index in [4.69, 9.17) is 19.9 Å². The minimum absolute atomic E-state index is 0.0593. The van der Waals surface area contributed by atoms with Crippen LogP contribution < -0.4 is 11.4 Å². The zero-order chi connectivity index (χ0) is 21.3. The van der Waals surface area contributed by atoms with Gasteiger partial charge in [-0.3, -0.25) is 4.57 Å².